The van der Waals surface area contributed by atoms with Gasteiger partial charge in [0.05, 0.1) is 5.60 Å². The Bertz CT molecular complexity index is 378. The van der Waals surface area contributed by atoms with Crippen molar-refractivity contribution in [2.24, 2.45) is 0 Å². The van der Waals surface area contributed by atoms with Crippen LogP contribution in [0.5, 0.6) is 0 Å². The van der Waals surface area contributed by atoms with Crippen molar-refractivity contribution in [3.05, 3.63) is 0 Å². The molecule has 0 radical (unpaired) electrons. The molecule has 0 bridgehead atoms. The number of aromatic nitrogens is 2. The van der Waals surface area contributed by atoms with Crippen molar-refractivity contribution in [3.63, 3.8) is 0 Å². The van der Waals surface area contributed by atoms with Gasteiger partial charge in [-0.25, -0.2) is 0 Å². The van der Waals surface area contributed by atoms with Gasteiger partial charge in [-0.2, -0.15) is 0 Å². The highest BCUT2D eigenvalue weighted by atomic mass is 32.2. The summed E-state index contributed by atoms with van der Waals surface area (Å²) in [6, 6.07) is 0. The molecule has 1 spiro atoms. The zero-order valence-electron chi connectivity index (χ0n) is 9.02. The molecule has 88 valence electrons. The van der Waals surface area contributed by atoms with Gasteiger partial charge in [-0.3, -0.25) is 0 Å². The molecule has 2 fully saturated rings. The molecular formula is C10H15N3OS2. The zero-order chi connectivity index (χ0) is 11.0. The minimum absolute atomic E-state index is 0.214. The number of anilines is 1. The molecule has 1 saturated heterocycles. The molecule has 0 aromatic carbocycles. The summed E-state index contributed by atoms with van der Waals surface area (Å²) < 4.78 is 6.90. The van der Waals surface area contributed by atoms with E-state index in [-0.39, 0.29) is 5.60 Å². The molecule has 1 saturated carbocycles. The maximum absolute atomic E-state index is 5.90. The molecule has 3 rings (SSSR count). The first-order chi connectivity index (χ1) is 7.76. The summed E-state index contributed by atoms with van der Waals surface area (Å²) in [5, 5.41) is 9.10. The normalized spacial score (nSPS) is 27.9. The third kappa shape index (κ3) is 2.06. The second-order valence-corrected chi connectivity index (χ2v) is 7.08. The number of rotatable bonds is 2. The topological polar surface area (TPSA) is 61.0 Å². The van der Waals surface area contributed by atoms with E-state index in [0.29, 0.717) is 10.4 Å². The molecule has 6 heteroatoms. The number of hydrogen-bond acceptors (Lipinski definition) is 6. The number of thioether (sulfide) groups is 1. The smallest absolute Gasteiger partial charge is 0.203 e. The Morgan fingerprint density at radius 1 is 1.44 bits per heavy atom. The lowest BCUT2D eigenvalue weighted by Crippen LogP contribution is -2.46. The van der Waals surface area contributed by atoms with E-state index in [2.05, 4.69) is 10.2 Å². The molecule has 4 nitrogen and oxygen atoms in total. The average Bonchev–Trinajstić information content (AvgIpc) is 2.62. The molecule has 1 aromatic heterocycles. The van der Waals surface area contributed by atoms with E-state index in [1.807, 2.05) is 11.8 Å². The van der Waals surface area contributed by atoms with Crippen LogP contribution in [0, 0.1) is 0 Å². The fourth-order valence-electron chi connectivity index (χ4n) is 2.41. The predicted molar refractivity (Wildman–Crippen MR) is 65.7 cm³/mol. The molecule has 1 aliphatic carbocycles. The molecular weight excluding hydrogens is 242 g/mol. The summed E-state index contributed by atoms with van der Waals surface area (Å²) in [5.41, 5.74) is 5.80. The highest BCUT2D eigenvalue weighted by Crippen LogP contribution is 2.46. The molecule has 16 heavy (non-hydrogen) atoms. The van der Waals surface area contributed by atoms with E-state index in [0.717, 1.165) is 23.8 Å². The number of nitrogens with two attached hydrogens (primary N) is 1. The number of hydrogen-bond donors (Lipinski definition) is 1. The summed E-state index contributed by atoms with van der Waals surface area (Å²) in [5.74, 6) is 0. The van der Waals surface area contributed by atoms with Crippen LogP contribution < -0.4 is 5.73 Å². The molecule has 2 N–H and O–H groups in total. The first-order valence-corrected chi connectivity index (χ1v) is 7.35. The second-order valence-electron chi connectivity index (χ2n) is 4.52. The van der Waals surface area contributed by atoms with Gasteiger partial charge in [0.2, 0.25) is 5.13 Å². The largest absolute Gasteiger partial charge is 0.375 e. The molecule has 0 amide bonds. The summed E-state index contributed by atoms with van der Waals surface area (Å²) in [7, 11) is 0. The van der Waals surface area contributed by atoms with Crippen LogP contribution in [-0.2, 0) is 4.74 Å². The molecule has 1 atom stereocenters. The monoisotopic (exact) mass is 257 g/mol. The summed E-state index contributed by atoms with van der Waals surface area (Å²) in [6.07, 6.45) is 6.08. The Hall–Kier alpha value is -0.330. The Balaban J connectivity index is 1.62. The quantitative estimate of drug-likeness (QED) is 0.881. The van der Waals surface area contributed by atoms with Gasteiger partial charge in [0.1, 0.15) is 0 Å². The van der Waals surface area contributed by atoms with E-state index >= 15 is 0 Å². The SMILES string of the molecule is Nc1nnc(SC2CCOC3(CCC3)C2)s1. The lowest BCUT2D eigenvalue weighted by atomic mass is 9.75. The summed E-state index contributed by atoms with van der Waals surface area (Å²) in [4.78, 5) is 0. The summed E-state index contributed by atoms with van der Waals surface area (Å²) in [6.45, 7) is 0.895. The first-order valence-electron chi connectivity index (χ1n) is 5.65. The molecule has 2 heterocycles. The van der Waals surface area contributed by atoms with Crippen LogP contribution in [0.2, 0.25) is 0 Å². The maximum Gasteiger partial charge on any atom is 0.203 e. The fourth-order valence-corrected chi connectivity index (χ4v) is 4.59. The van der Waals surface area contributed by atoms with Gasteiger partial charge in [-0.1, -0.05) is 23.1 Å². The lowest BCUT2D eigenvalue weighted by Gasteiger charge is -2.46. The van der Waals surface area contributed by atoms with E-state index in [4.69, 9.17) is 10.5 Å². The van der Waals surface area contributed by atoms with Gasteiger partial charge in [0.25, 0.3) is 0 Å². The van der Waals surface area contributed by atoms with Crippen LogP contribution in [0.3, 0.4) is 0 Å². The van der Waals surface area contributed by atoms with Crippen molar-refractivity contribution in [2.75, 3.05) is 12.3 Å². The molecule has 2 aliphatic rings. The standard InChI is InChI=1S/C10H15N3OS2/c11-8-12-13-9(16-8)15-7-2-5-14-10(6-7)3-1-4-10/h7H,1-6H2,(H2,11,12). The molecule has 1 aromatic rings. The van der Waals surface area contributed by atoms with Crippen LogP contribution in [-0.4, -0.2) is 27.7 Å². The van der Waals surface area contributed by atoms with E-state index in [9.17, 15) is 0 Å². The van der Waals surface area contributed by atoms with Crippen molar-refractivity contribution in [2.45, 2.75) is 47.3 Å². The Morgan fingerprint density at radius 3 is 2.94 bits per heavy atom. The summed E-state index contributed by atoms with van der Waals surface area (Å²) >= 11 is 3.31. The predicted octanol–water partition coefficient (Wildman–Crippen LogP) is 2.31. The fraction of sp³-hybridized carbons (Fsp3) is 0.800. The van der Waals surface area contributed by atoms with Crippen molar-refractivity contribution in [3.8, 4) is 0 Å². The number of nitrogen functional groups attached to an aromatic ring is 1. The Kier molecular flexibility index (Phi) is 2.81. The second kappa shape index (κ2) is 4.16. The first kappa shape index (κ1) is 10.8. The van der Waals surface area contributed by atoms with Gasteiger partial charge in [-0.05, 0) is 32.1 Å². The lowest BCUT2D eigenvalue weighted by molar-refractivity contribution is -0.125. The van der Waals surface area contributed by atoms with Gasteiger partial charge in [0, 0.05) is 11.9 Å². The van der Waals surface area contributed by atoms with Crippen molar-refractivity contribution < 1.29 is 4.74 Å². The number of ether oxygens (including phenoxy) is 1. The van der Waals surface area contributed by atoms with Crippen LogP contribution in [0.15, 0.2) is 4.34 Å². The van der Waals surface area contributed by atoms with Gasteiger partial charge in [-0.15, -0.1) is 10.2 Å². The highest BCUT2D eigenvalue weighted by molar-refractivity contribution is 8.01. The highest BCUT2D eigenvalue weighted by Gasteiger charge is 2.42. The van der Waals surface area contributed by atoms with Crippen molar-refractivity contribution >= 4 is 28.2 Å². The maximum atomic E-state index is 5.90. The molecule has 1 aliphatic heterocycles. The van der Waals surface area contributed by atoms with Crippen molar-refractivity contribution in [1.82, 2.24) is 10.2 Å². The molecule has 1 unspecified atom stereocenters. The minimum atomic E-state index is 0.214. The van der Waals surface area contributed by atoms with E-state index < -0.39 is 0 Å². The zero-order valence-corrected chi connectivity index (χ0v) is 10.6. The minimum Gasteiger partial charge on any atom is -0.375 e. The average molecular weight is 257 g/mol. The Morgan fingerprint density at radius 2 is 2.31 bits per heavy atom. The van der Waals surface area contributed by atoms with Crippen LogP contribution >= 0.6 is 23.1 Å². The van der Waals surface area contributed by atoms with Crippen molar-refractivity contribution in [1.29, 1.82) is 0 Å². The third-order valence-electron chi connectivity index (χ3n) is 3.40. The van der Waals surface area contributed by atoms with E-state index in [1.54, 1.807) is 0 Å². The van der Waals surface area contributed by atoms with Gasteiger partial charge >= 0.3 is 0 Å². The van der Waals surface area contributed by atoms with Gasteiger partial charge in [0.15, 0.2) is 4.34 Å². The van der Waals surface area contributed by atoms with E-state index in [1.165, 1.54) is 30.6 Å². The number of nitrogens with zero attached hydrogens (tertiary/aromatic N) is 2. The van der Waals surface area contributed by atoms with Crippen LogP contribution in [0.4, 0.5) is 5.13 Å². The van der Waals surface area contributed by atoms with Crippen LogP contribution in [0.25, 0.3) is 0 Å². The van der Waals surface area contributed by atoms with Gasteiger partial charge < -0.3 is 10.5 Å². The third-order valence-corrected chi connectivity index (χ3v) is 5.51. The Labute approximate surface area is 103 Å². The van der Waals surface area contributed by atoms with Crippen LogP contribution in [0.1, 0.15) is 32.1 Å².